The van der Waals surface area contributed by atoms with Gasteiger partial charge in [-0.2, -0.15) is 0 Å². The highest BCUT2D eigenvalue weighted by Crippen LogP contribution is 2.35. The van der Waals surface area contributed by atoms with Gasteiger partial charge in [0.1, 0.15) is 5.82 Å². The van der Waals surface area contributed by atoms with E-state index in [1.54, 1.807) is 6.07 Å². The van der Waals surface area contributed by atoms with Crippen LogP contribution in [-0.2, 0) is 13.0 Å². The number of likely N-dealkylation sites (N-methyl/N-ethyl adjacent to an activating group) is 1. The molecule has 6 heteroatoms. The maximum Gasteiger partial charge on any atom is 0.130 e. The lowest BCUT2D eigenvalue weighted by molar-refractivity contribution is 0.277. The fourth-order valence-electron chi connectivity index (χ4n) is 4.25. The Morgan fingerprint density at radius 2 is 1.94 bits per heavy atom. The first-order chi connectivity index (χ1) is 16.6. The van der Waals surface area contributed by atoms with Gasteiger partial charge in [-0.15, -0.1) is 0 Å². The van der Waals surface area contributed by atoms with Crippen molar-refractivity contribution in [3.05, 3.63) is 77.1 Å². The number of hydrogen-bond acceptors (Lipinski definition) is 6. The van der Waals surface area contributed by atoms with Crippen molar-refractivity contribution in [1.82, 2.24) is 14.9 Å². The maximum atomic E-state index is 9.50. The number of benzene rings is 1. The zero-order valence-electron chi connectivity index (χ0n) is 20.0. The average molecular weight is 456 g/mol. The van der Waals surface area contributed by atoms with Crippen molar-refractivity contribution < 1.29 is 5.11 Å². The predicted octanol–water partition coefficient (Wildman–Crippen LogP) is 5.44. The number of unbranched alkanes of at least 4 members (excludes halogenated alkanes) is 1. The number of aryl methyl sites for hydroxylation is 1. The quantitative estimate of drug-likeness (QED) is 0.374. The second kappa shape index (κ2) is 11.2. The van der Waals surface area contributed by atoms with Crippen LogP contribution in [0.3, 0.4) is 0 Å². The molecule has 0 spiro atoms. The number of aromatic nitrogens is 2. The Balaban J connectivity index is 1.82. The molecule has 0 radical (unpaired) electrons. The highest BCUT2D eigenvalue weighted by Gasteiger charge is 2.18. The number of rotatable bonds is 9. The van der Waals surface area contributed by atoms with E-state index >= 15 is 0 Å². The van der Waals surface area contributed by atoms with Gasteiger partial charge < -0.3 is 20.7 Å². The Morgan fingerprint density at radius 1 is 1.12 bits per heavy atom. The second-order valence-electron chi connectivity index (χ2n) is 8.79. The van der Waals surface area contributed by atoms with Gasteiger partial charge in [-0.05, 0) is 73.8 Å². The molecule has 1 aliphatic heterocycles. The van der Waals surface area contributed by atoms with E-state index in [4.69, 9.17) is 10.4 Å². The zero-order chi connectivity index (χ0) is 23.9. The molecule has 0 aliphatic carbocycles. The van der Waals surface area contributed by atoms with Crippen LogP contribution < -0.4 is 5.32 Å². The normalized spacial score (nSPS) is 14.0. The number of aliphatic hydroxyl groups is 1. The molecule has 0 bridgehead atoms. The summed E-state index contributed by atoms with van der Waals surface area (Å²) in [4.78, 5) is 11.7. The van der Waals surface area contributed by atoms with Crippen molar-refractivity contribution in [1.29, 1.82) is 5.41 Å². The summed E-state index contributed by atoms with van der Waals surface area (Å²) in [6, 6.07) is 16.0. The smallest absolute Gasteiger partial charge is 0.130 e. The van der Waals surface area contributed by atoms with Gasteiger partial charge in [0.2, 0.25) is 0 Å². The minimum Gasteiger partial charge on any atom is -0.390 e. The molecule has 4 rings (SSSR count). The van der Waals surface area contributed by atoms with Crippen molar-refractivity contribution in [2.75, 3.05) is 25.5 Å². The molecule has 3 N–H and O–H groups in total. The van der Waals surface area contributed by atoms with E-state index < -0.39 is 0 Å². The fraction of sp³-hybridized carbons (Fsp3) is 0.321. The highest BCUT2D eigenvalue weighted by molar-refractivity contribution is 5.96. The third kappa shape index (κ3) is 5.58. The third-order valence-corrected chi connectivity index (χ3v) is 6.20. The summed E-state index contributed by atoms with van der Waals surface area (Å²) in [7, 11) is 2.12. The topological polar surface area (TPSA) is 85.1 Å². The van der Waals surface area contributed by atoms with Gasteiger partial charge in [-0.1, -0.05) is 31.6 Å². The highest BCUT2D eigenvalue weighted by atomic mass is 16.3. The number of nitrogens with one attached hydrogen (secondary N) is 2. The van der Waals surface area contributed by atoms with Crippen LogP contribution in [0.1, 0.15) is 48.7 Å². The minimum atomic E-state index is -0.118. The summed E-state index contributed by atoms with van der Waals surface area (Å²) in [6.07, 6.45) is 7.84. The summed E-state index contributed by atoms with van der Waals surface area (Å²) in [6.45, 7) is 3.96. The average Bonchev–Trinajstić information content (AvgIpc) is 2.87. The molecule has 2 aromatic heterocycles. The Labute approximate surface area is 201 Å². The summed E-state index contributed by atoms with van der Waals surface area (Å²) >= 11 is 0. The Bertz CT molecular complexity index is 1190. The second-order valence-corrected chi connectivity index (χ2v) is 8.79. The summed E-state index contributed by atoms with van der Waals surface area (Å²) in [5.74, 6) is 0.639. The monoisotopic (exact) mass is 455 g/mol. The van der Waals surface area contributed by atoms with Crippen LogP contribution >= 0.6 is 0 Å². The van der Waals surface area contributed by atoms with Crippen LogP contribution in [0.15, 0.2) is 54.6 Å². The standard InChI is InChI=1S/C28H33N5O/c1-3-4-7-22-8-5-10-26(30-22)21-16-24(20-12-14-33(2)15-13-20)25(18-29)27(17-21)32-28-11-6-9-23(19-34)31-28/h5-6,8-12,16-18,29,34H,3-4,7,13-15,19H2,1-2H3,(H,31,32). The molecule has 0 fully saturated rings. The minimum absolute atomic E-state index is 0.118. The molecule has 1 aromatic carbocycles. The number of nitrogens with zero attached hydrogens (tertiary/aromatic N) is 3. The molecule has 0 unspecified atom stereocenters. The maximum absolute atomic E-state index is 9.50. The van der Waals surface area contributed by atoms with E-state index in [0.717, 1.165) is 72.5 Å². The number of hydrogen-bond donors (Lipinski definition) is 3. The molecule has 0 atom stereocenters. The third-order valence-electron chi connectivity index (χ3n) is 6.20. The molecule has 6 nitrogen and oxygen atoms in total. The molecular formula is C28H33N5O. The predicted molar refractivity (Wildman–Crippen MR) is 140 cm³/mol. The van der Waals surface area contributed by atoms with Gasteiger partial charge in [0, 0.05) is 41.8 Å². The number of anilines is 2. The Hall–Kier alpha value is -3.35. The zero-order valence-corrected chi connectivity index (χ0v) is 20.0. The molecule has 176 valence electrons. The van der Waals surface area contributed by atoms with E-state index in [-0.39, 0.29) is 6.61 Å². The first-order valence-corrected chi connectivity index (χ1v) is 12.0. The number of aliphatic hydroxyl groups excluding tert-OH is 1. The first kappa shape index (κ1) is 23.8. The van der Waals surface area contributed by atoms with Gasteiger partial charge in [-0.25, -0.2) is 4.98 Å². The van der Waals surface area contributed by atoms with Crippen molar-refractivity contribution in [2.24, 2.45) is 0 Å². The van der Waals surface area contributed by atoms with Crippen LogP contribution in [0, 0.1) is 5.41 Å². The summed E-state index contributed by atoms with van der Waals surface area (Å²) in [5, 5.41) is 21.1. The van der Waals surface area contributed by atoms with E-state index in [1.807, 2.05) is 12.1 Å². The van der Waals surface area contributed by atoms with Gasteiger partial charge in [0.25, 0.3) is 0 Å². The SMILES string of the molecule is CCCCc1cccc(-c2cc(Nc3cccc(CO)n3)c(C=N)c(C3=CCN(C)CC3)c2)n1. The van der Waals surface area contributed by atoms with Crippen molar-refractivity contribution in [3.8, 4) is 11.3 Å². The van der Waals surface area contributed by atoms with Crippen LogP contribution in [0.25, 0.3) is 16.8 Å². The van der Waals surface area contributed by atoms with Crippen molar-refractivity contribution >= 4 is 23.3 Å². The van der Waals surface area contributed by atoms with Crippen LogP contribution in [0.5, 0.6) is 0 Å². The van der Waals surface area contributed by atoms with Crippen LogP contribution in [0.2, 0.25) is 0 Å². The molecular weight excluding hydrogens is 422 g/mol. The lowest BCUT2D eigenvalue weighted by Gasteiger charge is -2.24. The molecule has 0 saturated heterocycles. The molecule has 0 amide bonds. The van der Waals surface area contributed by atoms with E-state index in [2.05, 4.69) is 65.6 Å². The van der Waals surface area contributed by atoms with Gasteiger partial charge in [-0.3, -0.25) is 4.98 Å². The molecule has 34 heavy (non-hydrogen) atoms. The van der Waals surface area contributed by atoms with E-state index in [9.17, 15) is 5.11 Å². The van der Waals surface area contributed by atoms with Gasteiger partial charge in [0.05, 0.1) is 18.0 Å². The van der Waals surface area contributed by atoms with E-state index in [1.165, 1.54) is 11.8 Å². The molecule has 3 aromatic rings. The lowest BCUT2D eigenvalue weighted by Crippen LogP contribution is -2.24. The molecule has 1 aliphatic rings. The van der Waals surface area contributed by atoms with Crippen LogP contribution in [0.4, 0.5) is 11.5 Å². The fourth-order valence-corrected chi connectivity index (χ4v) is 4.25. The Kier molecular flexibility index (Phi) is 7.83. The Morgan fingerprint density at radius 3 is 2.68 bits per heavy atom. The largest absolute Gasteiger partial charge is 0.390 e. The summed E-state index contributed by atoms with van der Waals surface area (Å²) < 4.78 is 0. The van der Waals surface area contributed by atoms with Gasteiger partial charge in [0.15, 0.2) is 0 Å². The van der Waals surface area contributed by atoms with E-state index in [0.29, 0.717) is 11.5 Å². The number of pyridine rings is 2. The molecule has 0 saturated carbocycles. The lowest BCUT2D eigenvalue weighted by atomic mass is 9.91. The van der Waals surface area contributed by atoms with Gasteiger partial charge >= 0.3 is 0 Å². The van der Waals surface area contributed by atoms with Crippen molar-refractivity contribution in [2.45, 2.75) is 39.2 Å². The first-order valence-electron chi connectivity index (χ1n) is 12.0. The van der Waals surface area contributed by atoms with Crippen molar-refractivity contribution in [3.63, 3.8) is 0 Å². The molecule has 3 heterocycles. The summed E-state index contributed by atoms with van der Waals surface area (Å²) in [5.41, 5.74) is 7.59. The van der Waals surface area contributed by atoms with Crippen LogP contribution in [-0.4, -0.2) is 46.3 Å².